The Morgan fingerprint density at radius 2 is 1.93 bits per heavy atom. The number of halogens is 1. The van der Waals surface area contributed by atoms with Gasteiger partial charge >= 0.3 is 0 Å². The molecule has 3 saturated carbocycles. The lowest BCUT2D eigenvalue weighted by atomic mass is 9.51. The number of hydrogen-bond acceptors (Lipinski definition) is 3. The summed E-state index contributed by atoms with van der Waals surface area (Å²) in [7, 11) is 1.84. The summed E-state index contributed by atoms with van der Waals surface area (Å²) < 4.78 is 5.79. The van der Waals surface area contributed by atoms with Gasteiger partial charge in [0.05, 0.1) is 17.5 Å². The van der Waals surface area contributed by atoms with Gasteiger partial charge in [-0.2, -0.15) is 0 Å². The fraction of sp³-hybridized carbons (Fsp3) is 0.958. The van der Waals surface area contributed by atoms with E-state index in [1.54, 1.807) is 0 Å². The van der Waals surface area contributed by atoms with Gasteiger partial charge in [-0.1, -0.05) is 36.2 Å². The van der Waals surface area contributed by atoms with E-state index >= 15 is 0 Å². The Morgan fingerprint density at radius 3 is 2.61 bits per heavy atom. The summed E-state index contributed by atoms with van der Waals surface area (Å²) in [6.07, 6.45) is 11.3. The van der Waals surface area contributed by atoms with Crippen molar-refractivity contribution in [2.75, 3.05) is 19.0 Å². The first-order valence-electron chi connectivity index (χ1n) is 11.5. The molecule has 0 saturated heterocycles. The fourth-order valence-corrected chi connectivity index (χ4v) is 7.71. The van der Waals surface area contributed by atoms with Crippen LogP contribution in [-0.2, 0) is 9.53 Å². The molecule has 0 aliphatic heterocycles. The van der Waals surface area contributed by atoms with Crippen molar-refractivity contribution in [2.45, 2.75) is 90.6 Å². The average Bonchev–Trinajstić information content (AvgIpc) is 2.95. The van der Waals surface area contributed by atoms with Crippen LogP contribution in [0.2, 0.25) is 0 Å². The van der Waals surface area contributed by atoms with E-state index in [-0.39, 0.29) is 16.7 Å². The lowest BCUT2D eigenvalue weighted by Gasteiger charge is -2.56. The molecule has 162 valence electrons. The second-order valence-electron chi connectivity index (χ2n) is 10.9. The number of Topliss-reactive ketones (excluding diaryl/α,β-unsaturated/α-hetero) is 1. The van der Waals surface area contributed by atoms with Gasteiger partial charge in [-0.3, -0.25) is 4.79 Å². The van der Waals surface area contributed by atoms with Crippen LogP contribution in [0.5, 0.6) is 0 Å². The summed E-state index contributed by atoms with van der Waals surface area (Å²) in [6.45, 7) is 7.58. The highest BCUT2D eigenvalue weighted by Gasteiger charge is 2.54. The molecule has 0 bridgehead atoms. The Balaban J connectivity index is 1.77. The second-order valence-corrected chi connectivity index (χ2v) is 11.4. The Kier molecular flexibility index (Phi) is 7.04. The monoisotopic (exact) mass is 456 g/mol. The molecule has 0 aromatic rings. The lowest BCUT2D eigenvalue weighted by molar-refractivity contribution is -0.133. The van der Waals surface area contributed by atoms with Crippen LogP contribution in [0.4, 0.5) is 0 Å². The van der Waals surface area contributed by atoms with Crippen LogP contribution in [0.1, 0.15) is 85.0 Å². The summed E-state index contributed by atoms with van der Waals surface area (Å²) in [5.74, 6) is 2.46. The molecule has 7 atom stereocenters. The normalized spacial score (nSPS) is 46.4. The number of alkyl halides is 1. The van der Waals surface area contributed by atoms with Crippen LogP contribution in [0.3, 0.4) is 0 Å². The number of ether oxygens (including phenoxy) is 1. The molecule has 3 aliphatic rings. The first kappa shape index (κ1) is 22.7. The van der Waals surface area contributed by atoms with Crippen molar-refractivity contribution < 1.29 is 14.6 Å². The summed E-state index contributed by atoms with van der Waals surface area (Å²) in [5, 5.41) is 11.2. The molecule has 0 radical (unpaired) electrons. The van der Waals surface area contributed by atoms with Gasteiger partial charge in [0.1, 0.15) is 5.78 Å². The van der Waals surface area contributed by atoms with Crippen molar-refractivity contribution in [3.05, 3.63) is 0 Å². The maximum atomic E-state index is 12.6. The number of hydrogen-bond donors (Lipinski definition) is 1. The molecule has 3 aliphatic carbocycles. The van der Waals surface area contributed by atoms with E-state index in [0.29, 0.717) is 28.9 Å². The van der Waals surface area contributed by atoms with Crippen LogP contribution >= 0.6 is 15.9 Å². The number of aliphatic hydroxyl groups is 1. The van der Waals surface area contributed by atoms with Gasteiger partial charge in [0.2, 0.25) is 0 Å². The third-order valence-electron chi connectivity index (χ3n) is 9.32. The van der Waals surface area contributed by atoms with Crippen LogP contribution in [-0.4, -0.2) is 35.5 Å². The van der Waals surface area contributed by atoms with Crippen LogP contribution in [0, 0.1) is 34.5 Å². The first-order valence-corrected chi connectivity index (χ1v) is 12.6. The molecule has 0 aromatic carbocycles. The van der Waals surface area contributed by atoms with E-state index in [4.69, 9.17) is 4.74 Å². The zero-order valence-electron chi connectivity index (χ0n) is 18.4. The zero-order chi connectivity index (χ0) is 20.6. The number of methoxy groups -OCH3 is 1. The topological polar surface area (TPSA) is 46.5 Å². The standard InChI is InChI=1S/C24H41BrO3/c1-17-8-9-20(21(26)15-25)23(17,3)11-10-18-6-5-7-19-14-22(2,27)12-13-24(18,19)16-28-4/h17-20,27H,5-16H2,1-4H3/t17-,18-,19-,20-,22-,23+,24+/m1/s1. The zero-order valence-corrected chi connectivity index (χ0v) is 20.0. The van der Waals surface area contributed by atoms with E-state index in [1.165, 1.54) is 32.1 Å². The molecular formula is C24H41BrO3. The number of ketones is 1. The molecule has 0 unspecified atom stereocenters. The SMILES string of the molecule is COC[C@]12CC[C@@](C)(O)C[C@H]1CCC[C@@H]2CC[C@@]1(C)[C@H](C)CC[C@@H]1C(=O)CBr. The molecule has 4 heteroatoms. The third kappa shape index (κ3) is 4.12. The van der Waals surface area contributed by atoms with E-state index in [0.717, 1.165) is 38.7 Å². The van der Waals surface area contributed by atoms with Gasteiger partial charge in [-0.15, -0.1) is 0 Å². The van der Waals surface area contributed by atoms with Crippen molar-refractivity contribution in [2.24, 2.45) is 34.5 Å². The van der Waals surface area contributed by atoms with Crippen molar-refractivity contribution in [3.63, 3.8) is 0 Å². The van der Waals surface area contributed by atoms with E-state index in [9.17, 15) is 9.90 Å². The highest BCUT2D eigenvalue weighted by Crippen LogP contribution is 2.59. The molecule has 0 spiro atoms. The number of rotatable bonds is 7. The molecular weight excluding hydrogens is 416 g/mol. The van der Waals surface area contributed by atoms with Gasteiger partial charge in [0.15, 0.2) is 0 Å². The van der Waals surface area contributed by atoms with Crippen LogP contribution in [0.25, 0.3) is 0 Å². The van der Waals surface area contributed by atoms with Crippen LogP contribution in [0.15, 0.2) is 0 Å². The molecule has 0 aromatic heterocycles. The molecule has 3 nitrogen and oxygen atoms in total. The predicted octanol–water partition coefficient (Wildman–Crippen LogP) is 5.77. The minimum Gasteiger partial charge on any atom is -0.390 e. The Bertz CT molecular complexity index is 562. The highest BCUT2D eigenvalue weighted by molar-refractivity contribution is 9.09. The van der Waals surface area contributed by atoms with E-state index in [2.05, 4.69) is 29.8 Å². The lowest BCUT2D eigenvalue weighted by Crippen LogP contribution is -2.52. The smallest absolute Gasteiger partial charge is 0.147 e. The van der Waals surface area contributed by atoms with E-state index in [1.807, 2.05) is 14.0 Å². The molecule has 3 fully saturated rings. The van der Waals surface area contributed by atoms with Crippen LogP contribution < -0.4 is 0 Å². The van der Waals surface area contributed by atoms with Gasteiger partial charge in [-0.05, 0) is 93.3 Å². The highest BCUT2D eigenvalue weighted by atomic mass is 79.9. The van der Waals surface area contributed by atoms with Crippen molar-refractivity contribution >= 4 is 21.7 Å². The molecule has 0 amide bonds. The minimum atomic E-state index is -0.511. The largest absolute Gasteiger partial charge is 0.390 e. The Hall–Kier alpha value is 0.0700. The van der Waals surface area contributed by atoms with Crippen molar-refractivity contribution in [1.29, 1.82) is 0 Å². The number of carbonyl (C=O) groups is 1. The maximum Gasteiger partial charge on any atom is 0.147 e. The first-order chi connectivity index (χ1) is 13.2. The fourth-order valence-electron chi connectivity index (χ4n) is 7.32. The van der Waals surface area contributed by atoms with Crippen molar-refractivity contribution in [3.8, 4) is 0 Å². The quantitative estimate of drug-likeness (QED) is 0.494. The minimum absolute atomic E-state index is 0.131. The summed E-state index contributed by atoms with van der Waals surface area (Å²) in [5.41, 5.74) is -0.155. The summed E-state index contributed by atoms with van der Waals surface area (Å²) in [6, 6.07) is 0. The molecule has 0 heterocycles. The van der Waals surface area contributed by atoms with E-state index < -0.39 is 5.60 Å². The van der Waals surface area contributed by atoms with Gasteiger partial charge < -0.3 is 9.84 Å². The summed E-state index contributed by atoms with van der Waals surface area (Å²) in [4.78, 5) is 12.6. The predicted molar refractivity (Wildman–Crippen MR) is 118 cm³/mol. The number of fused-ring (bicyclic) bond motifs is 1. The van der Waals surface area contributed by atoms with Gasteiger partial charge in [0, 0.05) is 13.0 Å². The molecule has 28 heavy (non-hydrogen) atoms. The Labute approximate surface area is 180 Å². The second kappa shape index (κ2) is 8.67. The Morgan fingerprint density at radius 1 is 1.18 bits per heavy atom. The van der Waals surface area contributed by atoms with Gasteiger partial charge in [-0.25, -0.2) is 0 Å². The molecule has 1 N–H and O–H groups in total. The molecule has 3 rings (SSSR count). The van der Waals surface area contributed by atoms with Crippen molar-refractivity contribution in [1.82, 2.24) is 0 Å². The maximum absolute atomic E-state index is 12.6. The summed E-state index contributed by atoms with van der Waals surface area (Å²) >= 11 is 3.42. The number of carbonyl (C=O) groups excluding carboxylic acids is 1. The van der Waals surface area contributed by atoms with Gasteiger partial charge in [0.25, 0.3) is 0 Å². The third-order valence-corrected chi connectivity index (χ3v) is 9.87. The average molecular weight is 457 g/mol.